The molecule has 0 radical (unpaired) electrons. The van der Waals surface area contributed by atoms with Crippen LogP contribution in [0.1, 0.15) is 50.5 Å². The van der Waals surface area contributed by atoms with Crippen LogP contribution in [-0.2, 0) is 10.2 Å². The molecular weight excluding hydrogens is 276 g/mol. The Bertz CT molecular complexity index is 529. The fourth-order valence-corrected chi connectivity index (χ4v) is 3.53. The van der Waals surface area contributed by atoms with Crippen LogP contribution in [0.25, 0.3) is 0 Å². The minimum absolute atomic E-state index is 0.0194. The fraction of sp³-hybridized carbons (Fsp3) is 0.611. The number of rotatable bonds is 5. The third-order valence-corrected chi connectivity index (χ3v) is 5.34. The minimum atomic E-state index is -0.588. The molecule has 0 heterocycles. The Labute approximate surface area is 132 Å². The number of amides is 1. The molecular formula is C18H26N2O2. The molecule has 0 aromatic heterocycles. The van der Waals surface area contributed by atoms with Crippen molar-refractivity contribution in [1.82, 2.24) is 5.32 Å². The molecule has 0 aliphatic heterocycles. The van der Waals surface area contributed by atoms with Crippen LogP contribution in [0, 0.1) is 0 Å². The van der Waals surface area contributed by atoms with Gasteiger partial charge in [-0.15, -0.1) is 0 Å². The van der Waals surface area contributed by atoms with E-state index in [2.05, 4.69) is 17.4 Å². The smallest absolute Gasteiger partial charge is 0.240 e. The van der Waals surface area contributed by atoms with Crippen LogP contribution >= 0.6 is 0 Å². The van der Waals surface area contributed by atoms with Crippen molar-refractivity contribution in [1.29, 1.82) is 0 Å². The van der Waals surface area contributed by atoms with E-state index in [1.54, 1.807) is 7.11 Å². The van der Waals surface area contributed by atoms with Gasteiger partial charge >= 0.3 is 0 Å². The average molecular weight is 302 g/mol. The predicted molar refractivity (Wildman–Crippen MR) is 86.9 cm³/mol. The Hall–Kier alpha value is -1.55. The number of benzene rings is 1. The largest absolute Gasteiger partial charge is 0.497 e. The van der Waals surface area contributed by atoms with E-state index in [0.29, 0.717) is 6.54 Å². The first-order valence-electron chi connectivity index (χ1n) is 8.30. The maximum atomic E-state index is 12.2. The molecule has 1 amide bonds. The predicted octanol–water partition coefficient (Wildman–Crippen LogP) is 2.50. The number of methoxy groups -OCH3 is 1. The van der Waals surface area contributed by atoms with E-state index >= 15 is 0 Å². The zero-order valence-electron chi connectivity index (χ0n) is 13.4. The maximum Gasteiger partial charge on any atom is 0.240 e. The summed E-state index contributed by atoms with van der Waals surface area (Å²) in [5, 5.41) is 3.13. The van der Waals surface area contributed by atoms with Crippen molar-refractivity contribution in [3.63, 3.8) is 0 Å². The van der Waals surface area contributed by atoms with E-state index in [0.717, 1.165) is 31.4 Å². The van der Waals surface area contributed by atoms with Crippen LogP contribution in [0.4, 0.5) is 0 Å². The second-order valence-corrected chi connectivity index (χ2v) is 6.91. The van der Waals surface area contributed by atoms with Crippen LogP contribution in [0.5, 0.6) is 5.75 Å². The van der Waals surface area contributed by atoms with Crippen LogP contribution in [-0.4, -0.2) is 25.1 Å². The van der Waals surface area contributed by atoms with E-state index in [1.165, 1.54) is 24.8 Å². The molecule has 2 saturated carbocycles. The van der Waals surface area contributed by atoms with Gasteiger partial charge in [-0.1, -0.05) is 31.4 Å². The van der Waals surface area contributed by atoms with Crippen LogP contribution < -0.4 is 15.8 Å². The Balaban J connectivity index is 1.76. The standard InChI is InChI=1S/C18H26N2O2/c1-22-15-7-5-14(6-8-15)17(9-3-2-4-10-17)13-20-16(21)18(19)11-12-18/h5-8H,2-4,9-13,19H2,1H3,(H,20,21). The summed E-state index contributed by atoms with van der Waals surface area (Å²) >= 11 is 0. The van der Waals surface area contributed by atoms with E-state index in [1.807, 2.05) is 12.1 Å². The van der Waals surface area contributed by atoms with Crippen LogP contribution in [0.15, 0.2) is 24.3 Å². The quantitative estimate of drug-likeness (QED) is 0.878. The van der Waals surface area contributed by atoms with Crippen molar-refractivity contribution in [3.8, 4) is 5.75 Å². The lowest BCUT2D eigenvalue weighted by Gasteiger charge is -2.38. The summed E-state index contributed by atoms with van der Waals surface area (Å²) in [5.74, 6) is 0.892. The lowest BCUT2D eigenvalue weighted by Crippen LogP contribution is -2.48. The highest BCUT2D eigenvalue weighted by molar-refractivity contribution is 5.89. The molecule has 4 nitrogen and oxygen atoms in total. The number of hydrogen-bond donors (Lipinski definition) is 2. The second-order valence-electron chi connectivity index (χ2n) is 6.91. The molecule has 0 saturated heterocycles. The van der Waals surface area contributed by atoms with Gasteiger partial charge in [0.15, 0.2) is 0 Å². The molecule has 1 aromatic carbocycles. The molecule has 0 unspecified atom stereocenters. The van der Waals surface area contributed by atoms with Gasteiger partial charge in [-0.05, 0) is 43.4 Å². The minimum Gasteiger partial charge on any atom is -0.497 e. The topological polar surface area (TPSA) is 64.3 Å². The molecule has 0 bridgehead atoms. The number of carbonyl (C=O) groups is 1. The number of nitrogens with one attached hydrogen (secondary N) is 1. The molecule has 2 aliphatic rings. The van der Waals surface area contributed by atoms with Gasteiger partial charge in [-0.3, -0.25) is 4.79 Å². The van der Waals surface area contributed by atoms with Gasteiger partial charge < -0.3 is 15.8 Å². The van der Waals surface area contributed by atoms with Gasteiger partial charge in [0.1, 0.15) is 5.75 Å². The second kappa shape index (κ2) is 5.92. The van der Waals surface area contributed by atoms with E-state index in [9.17, 15) is 4.79 Å². The molecule has 120 valence electrons. The zero-order valence-corrected chi connectivity index (χ0v) is 13.4. The van der Waals surface area contributed by atoms with Crippen molar-refractivity contribution >= 4 is 5.91 Å². The molecule has 2 aliphatic carbocycles. The van der Waals surface area contributed by atoms with Crippen molar-refractivity contribution in [2.24, 2.45) is 5.73 Å². The van der Waals surface area contributed by atoms with Crippen molar-refractivity contribution in [2.75, 3.05) is 13.7 Å². The van der Waals surface area contributed by atoms with Crippen molar-refractivity contribution in [3.05, 3.63) is 29.8 Å². The van der Waals surface area contributed by atoms with Gasteiger partial charge in [0, 0.05) is 12.0 Å². The zero-order chi connectivity index (χ0) is 15.6. The van der Waals surface area contributed by atoms with Crippen LogP contribution in [0.2, 0.25) is 0 Å². The number of hydrogen-bond acceptors (Lipinski definition) is 3. The van der Waals surface area contributed by atoms with E-state index < -0.39 is 5.54 Å². The Morgan fingerprint density at radius 1 is 1.14 bits per heavy atom. The molecule has 2 fully saturated rings. The lowest BCUT2D eigenvalue weighted by atomic mass is 9.69. The number of nitrogens with two attached hydrogens (primary N) is 1. The van der Waals surface area contributed by atoms with E-state index in [4.69, 9.17) is 10.5 Å². The van der Waals surface area contributed by atoms with Gasteiger partial charge in [-0.25, -0.2) is 0 Å². The highest BCUT2D eigenvalue weighted by Crippen LogP contribution is 2.40. The third-order valence-electron chi connectivity index (χ3n) is 5.34. The summed E-state index contributed by atoms with van der Waals surface area (Å²) in [5.41, 5.74) is 6.76. The number of ether oxygens (including phenoxy) is 1. The molecule has 0 atom stereocenters. The Morgan fingerprint density at radius 2 is 1.77 bits per heavy atom. The average Bonchev–Trinajstić information content (AvgIpc) is 3.32. The lowest BCUT2D eigenvalue weighted by molar-refractivity contribution is -0.123. The van der Waals surface area contributed by atoms with Gasteiger partial charge in [0.25, 0.3) is 0 Å². The molecule has 3 N–H and O–H groups in total. The van der Waals surface area contributed by atoms with Gasteiger partial charge in [0.2, 0.25) is 5.91 Å². The third kappa shape index (κ3) is 2.98. The summed E-state index contributed by atoms with van der Waals surface area (Å²) < 4.78 is 5.25. The van der Waals surface area contributed by atoms with Crippen molar-refractivity contribution in [2.45, 2.75) is 55.9 Å². The molecule has 3 rings (SSSR count). The first kappa shape index (κ1) is 15.3. The van der Waals surface area contributed by atoms with E-state index in [-0.39, 0.29) is 11.3 Å². The van der Waals surface area contributed by atoms with Gasteiger partial charge in [0.05, 0.1) is 12.6 Å². The molecule has 22 heavy (non-hydrogen) atoms. The highest BCUT2D eigenvalue weighted by Gasteiger charge is 2.46. The normalized spacial score (nSPS) is 21.9. The van der Waals surface area contributed by atoms with Crippen molar-refractivity contribution < 1.29 is 9.53 Å². The summed E-state index contributed by atoms with van der Waals surface area (Å²) in [6, 6.07) is 8.31. The summed E-state index contributed by atoms with van der Waals surface area (Å²) in [4.78, 5) is 12.2. The number of carbonyl (C=O) groups excluding carboxylic acids is 1. The molecule has 4 heteroatoms. The Kier molecular flexibility index (Phi) is 4.13. The monoisotopic (exact) mass is 302 g/mol. The summed E-state index contributed by atoms with van der Waals surface area (Å²) in [6.07, 6.45) is 7.59. The highest BCUT2D eigenvalue weighted by atomic mass is 16.5. The SMILES string of the molecule is COc1ccc(C2(CNC(=O)C3(N)CC3)CCCCC2)cc1. The fourth-order valence-electron chi connectivity index (χ4n) is 3.53. The first-order chi connectivity index (χ1) is 10.6. The first-order valence-corrected chi connectivity index (χ1v) is 8.30. The summed E-state index contributed by atoms with van der Waals surface area (Å²) in [6.45, 7) is 0.692. The van der Waals surface area contributed by atoms with Gasteiger partial charge in [-0.2, -0.15) is 0 Å². The van der Waals surface area contributed by atoms with Crippen LogP contribution in [0.3, 0.4) is 0 Å². The molecule has 1 aromatic rings. The maximum absolute atomic E-state index is 12.2. The molecule has 0 spiro atoms. The summed E-state index contributed by atoms with van der Waals surface area (Å²) in [7, 11) is 1.68. The Morgan fingerprint density at radius 3 is 2.32 bits per heavy atom.